The van der Waals surface area contributed by atoms with Crippen molar-refractivity contribution in [2.75, 3.05) is 0 Å². The van der Waals surface area contributed by atoms with Gasteiger partial charge in [-0.3, -0.25) is 0 Å². The van der Waals surface area contributed by atoms with Gasteiger partial charge in [-0.25, -0.2) is 57.4 Å². The van der Waals surface area contributed by atoms with Gasteiger partial charge in [0.25, 0.3) is 0 Å². The molecule has 12 heteroatoms. The smallest absolute Gasteiger partial charge is 0.247 e. The summed E-state index contributed by atoms with van der Waals surface area (Å²) in [5, 5.41) is 0. The van der Waals surface area contributed by atoms with E-state index < -0.39 is 35.2 Å². The molecule has 3 aliphatic rings. The Morgan fingerprint density at radius 2 is 0.800 bits per heavy atom. The fourth-order valence-corrected chi connectivity index (χ4v) is 8.68. The van der Waals surface area contributed by atoms with Crippen LogP contribution in [-0.4, -0.2) is 50.1 Å². The summed E-state index contributed by atoms with van der Waals surface area (Å²) in [6.45, 7) is 5.89. The molecule has 0 aliphatic heterocycles. The molecule has 9 unspecified atom stereocenters. The monoisotopic (exact) mass is 624 g/mol. The molecule has 1 aromatic heterocycles. The SMILES string of the molecule is CCC(N=C=O)C1CCCC(n2c(=O)n(C3CCCC(C(CC)N=C=O)C3)c(=O)n(C3CCCC(C(CC)N=C=O)C3)c2=O)C1. The second kappa shape index (κ2) is 16.2. The molecule has 12 nitrogen and oxygen atoms in total. The fourth-order valence-electron chi connectivity index (χ4n) is 8.68. The Labute approximate surface area is 263 Å². The minimum absolute atomic E-state index is 0.0199. The maximum absolute atomic E-state index is 14.4. The van der Waals surface area contributed by atoms with Crippen molar-refractivity contribution in [3.8, 4) is 0 Å². The quantitative estimate of drug-likeness (QED) is 0.242. The first kappa shape index (κ1) is 34.4. The Balaban J connectivity index is 1.84. The third-order valence-electron chi connectivity index (χ3n) is 10.9. The minimum Gasteiger partial charge on any atom is -0.247 e. The molecule has 3 saturated carbocycles. The normalized spacial score (nSPS) is 28.9. The third kappa shape index (κ3) is 7.51. The summed E-state index contributed by atoms with van der Waals surface area (Å²) < 4.78 is 3.96. The zero-order chi connectivity index (χ0) is 32.5. The summed E-state index contributed by atoms with van der Waals surface area (Å²) in [5.41, 5.74) is -1.75. The molecule has 0 spiro atoms. The molecule has 0 radical (unpaired) electrons. The number of isocyanates is 3. The van der Waals surface area contributed by atoms with Crippen LogP contribution in [0.15, 0.2) is 29.4 Å². The number of aromatic nitrogens is 3. The van der Waals surface area contributed by atoms with Gasteiger partial charge in [-0.15, -0.1) is 0 Å². The zero-order valence-electron chi connectivity index (χ0n) is 26.9. The van der Waals surface area contributed by atoms with Gasteiger partial charge in [0, 0.05) is 18.1 Å². The average molecular weight is 625 g/mol. The molecule has 0 saturated heterocycles. The van der Waals surface area contributed by atoms with Gasteiger partial charge < -0.3 is 0 Å². The van der Waals surface area contributed by atoms with Crippen molar-refractivity contribution >= 4 is 18.2 Å². The first-order valence-corrected chi connectivity index (χ1v) is 17.0. The van der Waals surface area contributed by atoms with Crippen LogP contribution in [0.2, 0.25) is 0 Å². The van der Waals surface area contributed by atoms with Crippen LogP contribution in [0.25, 0.3) is 0 Å². The van der Waals surface area contributed by atoms with Crippen molar-refractivity contribution in [3.63, 3.8) is 0 Å². The van der Waals surface area contributed by atoms with E-state index in [0.717, 1.165) is 38.5 Å². The van der Waals surface area contributed by atoms with Crippen molar-refractivity contribution in [1.82, 2.24) is 13.7 Å². The van der Waals surface area contributed by atoms with Crippen molar-refractivity contribution in [2.45, 2.75) is 153 Å². The molecule has 246 valence electrons. The maximum atomic E-state index is 14.4. The van der Waals surface area contributed by atoms with Crippen LogP contribution in [0.5, 0.6) is 0 Å². The van der Waals surface area contributed by atoms with Crippen molar-refractivity contribution in [1.29, 1.82) is 0 Å². The Morgan fingerprint density at radius 3 is 1.02 bits per heavy atom. The van der Waals surface area contributed by atoms with Crippen LogP contribution in [0.3, 0.4) is 0 Å². The number of hydrogen-bond donors (Lipinski definition) is 0. The van der Waals surface area contributed by atoms with Gasteiger partial charge in [-0.2, -0.15) is 0 Å². The van der Waals surface area contributed by atoms with Gasteiger partial charge in [-0.1, -0.05) is 40.0 Å². The number of hydrogen-bond acceptors (Lipinski definition) is 9. The van der Waals surface area contributed by atoms with E-state index in [1.165, 1.54) is 13.7 Å². The number of carbonyl (C=O) groups excluding carboxylic acids is 3. The summed E-state index contributed by atoms with van der Waals surface area (Å²) in [6.07, 6.45) is 15.2. The van der Waals surface area contributed by atoms with Crippen LogP contribution in [0, 0.1) is 17.8 Å². The molecule has 4 rings (SSSR count). The lowest BCUT2D eigenvalue weighted by molar-refractivity contribution is 0.177. The molecule has 3 aliphatic carbocycles. The molecular formula is C33H48N6O6. The summed E-state index contributed by atoms with van der Waals surface area (Å²) in [6, 6.07) is -1.99. The predicted octanol–water partition coefficient (Wildman–Crippen LogP) is 4.71. The van der Waals surface area contributed by atoms with Gasteiger partial charge in [-0.05, 0) is 94.8 Å². The molecule has 0 amide bonds. The predicted molar refractivity (Wildman–Crippen MR) is 169 cm³/mol. The largest absolute Gasteiger partial charge is 0.336 e. The molecule has 0 N–H and O–H groups in total. The Morgan fingerprint density at radius 1 is 0.533 bits per heavy atom. The average Bonchev–Trinajstić information content (AvgIpc) is 3.05. The molecule has 0 bridgehead atoms. The molecule has 45 heavy (non-hydrogen) atoms. The summed E-state index contributed by atoms with van der Waals surface area (Å²) in [7, 11) is 0. The third-order valence-corrected chi connectivity index (χ3v) is 10.9. The zero-order valence-corrected chi connectivity index (χ0v) is 26.9. The highest BCUT2D eigenvalue weighted by Crippen LogP contribution is 2.38. The fraction of sp³-hybridized carbons (Fsp3) is 0.818. The Hall–Kier alpha value is -3.45. The molecule has 9 atom stereocenters. The molecule has 1 heterocycles. The van der Waals surface area contributed by atoms with Gasteiger partial charge in [0.05, 0.1) is 18.1 Å². The van der Waals surface area contributed by atoms with Crippen molar-refractivity contribution < 1.29 is 14.4 Å². The van der Waals surface area contributed by atoms with Crippen molar-refractivity contribution in [3.05, 3.63) is 31.5 Å². The van der Waals surface area contributed by atoms with E-state index in [1.54, 1.807) is 18.2 Å². The van der Waals surface area contributed by atoms with Crippen molar-refractivity contribution in [2.24, 2.45) is 32.7 Å². The van der Waals surface area contributed by atoms with Gasteiger partial charge in [0.1, 0.15) is 0 Å². The Kier molecular flexibility index (Phi) is 12.4. The lowest BCUT2D eigenvalue weighted by Gasteiger charge is -2.37. The topological polar surface area (TPSA) is 154 Å². The van der Waals surface area contributed by atoms with Gasteiger partial charge in [0.15, 0.2) is 0 Å². The minimum atomic E-state index is -0.583. The summed E-state index contributed by atoms with van der Waals surface area (Å²) in [4.78, 5) is 88.6. The van der Waals surface area contributed by atoms with Gasteiger partial charge >= 0.3 is 17.1 Å². The lowest BCUT2D eigenvalue weighted by atomic mass is 9.80. The van der Waals surface area contributed by atoms with Gasteiger partial charge in [0.2, 0.25) is 18.2 Å². The number of aliphatic imine (C=N–C) groups is 3. The highest BCUT2D eigenvalue weighted by molar-refractivity contribution is 5.34. The summed E-state index contributed by atoms with van der Waals surface area (Å²) >= 11 is 0. The van der Waals surface area contributed by atoms with E-state index in [9.17, 15) is 28.8 Å². The van der Waals surface area contributed by atoms with E-state index in [2.05, 4.69) is 15.0 Å². The van der Waals surface area contributed by atoms with Crippen LogP contribution in [-0.2, 0) is 14.4 Å². The molecule has 3 fully saturated rings. The van der Waals surface area contributed by atoms with E-state index in [1.807, 2.05) is 20.8 Å². The first-order valence-electron chi connectivity index (χ1n) is 17.0. The summed E-state index contributed by atoms with van der Waals surface area (Å²) in [5.74, 6) is 0.0597. The standard InChI is InChI=1S/C33H48N6O6/c1-4-28(34-19-40)22-10-7-13-25(16-22)37-31(43)38(26-14-8-11-23(17-26)29(5-2)35-20-41)33(45)39(32(37)44)27-15-9-12-24(18-27)30(6-3)36-21-42/h22-30H,4-18H2,1-3H3. The van der Waals surface area contributed by atoms with Crippen LogP contribution in [0.4, 0.5) is 0 Å². The van der Waals surface area contributed by atoms with Crippen LogP contribution >= 0.6 is 0 Å². The first-order chi connectivity index (χ1) is 21.8. The maximum Gasteiger partial charge on any atom is 0.336 e. The highest BCUT2D eigenvalue weighted by atomic mass is 16.2. The molecule has 1 aromatic rings. The van der Waals surface area contributed by atoms with E-state index in [4.69, 9.17) is 0 Å². The highest BCUT2D eigenvalue weighted by Gasteiger charge is 2.37. The molecular weight excluding hydrogens is 576 g/mol. The Bertz CT molecular complexity index is 1290. The second-order valence-corrected chi connectivity index (χ2v) is 13.3. The van der Waals surface area contributed by atoms with E-state index >= 15 is 0 Å². The number of nitrogens with zero attached hydrogens (tertiary/aromatic N) is 6. The van der Waals surface area contributed by atoms with E-state index in [-0.39, 0.29) is 35.9 Å². The second-order valence-electron chi connectivity index (χ2n) is 13.3. The van der Waals surface area contributed by atoms with Crippen LogP contribution in [0.1, 0.15) is 135 Å². The van der Waals surface area contributed by atoms with E-state index in [0.29, 0.717) is 57.8 Å². The van der Waals surface area contributed by atoms with Crippen LogP contribution < -0.4 is 17.1 Å². The lowest BCUT2D eigenvalue weighted by Crippen LogP contribution is -2.58. The molecule has 0 aromatic carbocycles. The number of rotatable bonds is 12.